The van der Waals surface area contributed by atoms with Gasteiger partial charge in [-0.15, -0.1) is 0 Å². The molecule has 3 rings (SSSR count). The first-order chi connectivity index (χ1) is 12.0. The van der Waals surface area contributed by atoms with Gasteiger partial charge in [-0.3, -0.25) is 4.79 Å². The van der Waals surface area contributed by atoms with Crippen molar-refractivity contribution in [2.75, 3.05) is 5.75 Å². The molecular weight excluding hydrogens is 336 g/mol. The first-order valence-electron chi connectivity index (χ1n) is 8.39. The first-order valence-corrected chi connectivity index (χ1v) is 10.00. The van der Waals surface area contributed by atoms with Gasteiger partial charge in [-0.05, 0) is 30.0 Å². The SMILES string of the molecule is CCS(=O)(=O)N1Cc2ccccc2CC1C(=O)NCc1ccccc1. The minimum absolute atomic E-state index is 0.0162. The summed E-state index contributed by atoms with van der Waals surface area (Å²) in [7, 11) is -3.47. The van der Waals surface area contributed by atoms with Crippen molar-refractivity contribution in [2.24, 2.45) is 0 Å². The molecule has 1 N–H and O–H groups in total. The third-order valence-electron chi connectivity index (χ3n) is 4.54. The number of carbonyl (C=O) groups excluding carboxylic acids is 1. The molecule has 0 saturated heterocycles. The molecule has 2 aromatic carbocycles. The molecule has 2 aromatic rings. The summed E-state index contributed by atoms with van der Waals surface area (Å²) in [4.78, 5) is 12.7. The van der Waals surface area contributed by atoms with Crippen LogP contribution in [0.5, 0.6) is 0 Å². The van der Waals surface area contributed by atoms with Crippen LogP contribution in [0.25, 0.3) is 0 Å². The van der Waals surface area contributed by atoms with Gasteiger partial charge in [0.1, 0.15) is 6.04 Å². The second kappa shape index (κ2) is 7.37. The Bertz CT molecular complexity index is 850. The van der Waals surface area contributed by atoms with Crippen molar-refractivity contribution in [2.45, 2.75) is 32.5 Å². The van der Waals surface area contributed by atoms with E-state index in [2.05, 4.69) is 5.32 Å². The van der Waals surface area contributed by atoms with E-state index in [1.54, 1.807) is 6.92 Å². The smallest absolute Gasteiger partial charge is 0.239 e. The summed E-state index contributed by atoms with van der Waals surface area (Å²) < 4.78 is 26.3. The summed E-state index contributed by atoms with van der Waals surface area (Å²) in [5.74, 6) is -0.271. The Labute approximate surface area is 148 Å². The molecule has 0 aliphatic carbocycles. The van der Waals surface area contributed by atoms with Gasteiger partial charge in [0.15, 0.2) is 0 Å². The van der Waals surface area contributed by atoms with Gasteiger partial charge >= 0.3 is 0 Å². The topological polar surface area (TPSA) is 66.5 Å². The highest BCUT2D eigenvalue weighted by molar-refractivity contribution is 7.89. The normalized spacial score (nSPS) is 17.7. The number of sulfonamides is 1. The fraction of sp³-hybridized carbons (Fsp3) is 0.316. The van der Waals surface area contributed by atoms with Crippen LogP contribution in [0.4, 0.5) is 0 Å². The predicted molar refractivity (Wildman–Crippen MR) is 97.2 cm³/mol. The molecule has 0 radical (unpaired) electrons. The van der Waals surface area contributed by atoms with Crippen molar-refractivity contribution in [3.63, 3.8) is 0 Å². The quantitative estimate of drug-likeness (QED) is 0.890. The van der Waals surface area contributed by atoms with Crippen LogP contribution in [0.1, 0.15) is 23.6 Å². The van der Waals surface area contributed by atoms with Crippen LogP contribution >= 0.6 is 0 Å². The monoisotopic (exact) mass is 358 g/mol. The highest BCUT2D eigenvalue weighted by Crippen LogP contribution is 2.26. The lowest BCUT2D eigenvalue weighted by molar-refractivity contribution is -0.125. The highest BCUT2D eigenvalue weighted by Gasteiger charge is 2.37. The van der Waals surface area contributed by atoms with Crippen LogP contribution in [0.3, 0.4) is 0 Å². The van der Waals surface area contributed by atoms with Crippen LogP contribution in [0.2, 0.25) is 0 Å². The minimum Gasteiger partial charge on any atom is -0.351 e. The predicted octanol–water partition coefficient (Wildman–Crippen LogP) is 2.08. The molecule has 5 nitrogen and oxygen atoms in total. The molecule has 1 atom stereocenters. The number of nitrogens with one attached hydrogen (secondary N) is 1. The average molecular weight is 358 g/mol. The van der Waals surface area contributed by atoms with Crippen molar-refractivity contribution in [1.82, 2.24) is 9.62 Å². The number of amides is 1. The number of nitrogens with zero attached hydrogens (tertiary/aromatic N) is 1. The zero-order valence-corrected chi connectivity index (χ0v) is 15.0. The maximum Gasteiger partial charge on any atom is 0.239 e. The van der Waals surface area contributed by atoms with Crippen molar-refractivity contribution < 1.29 is 13.2 Å². The summed E-state index contributed by atoms with van der Waals surface area (Å²) in [6.45, 7) is 2.24. The van der Waals surface area contributed by atoms with E-state index in [0.717, 1.165) is 16.7 Å². The maximum absolute atomic E-state index is 12.7. The van der Waals surface area contributed by atoms with E-state index in [-0.39, 0.29) is 18.2 Å². The molecule has 132 valence electrons. The molecule has 0 spiro atoms. The molecule has 1 amide bonds. The Kier molecular flexibility index (Phi) is 5.20. The van der Waals surface area contributed by atoms with Crippen LogP contribution in [0, 0.1) is 0 Å². The third-order valence-corrected chi connectivity index (χ3v) is 6.37. The van der Waals surface area contributed by atoms with Crippen molar-refractivity contribution in [3.05, 3.63) is 71.3 Å². The maximum atomic E-state index is 12.7. The molecule has 1 heterocycles. The van der Waals surface area contributed by atoms with Gasteiger partial charge in [-0.1, -0.05) is 54.6 Å². The molecule has 25 heavy (non-hydrogen) atoms. The summed E-state index contributed by atoms with van der Waals surface area (Å²) in [5, 5.41) is 2.88. The molecule has 0 saturated carbocycles. The summed E-state index contributed by atoms with van der Waals surface area (Å²) in [5.41, 5.74) is 2.98. The van der Waals surface area contributed by atoms with Crippen molar-refractivity contribution in [3.8, 4) is 0 Å². The zero-order chi connectivity index (χ0) is 17.9. The second-order valence-corrected chi connectivity index (χ2v) is 8.35. The van der Waals surface area contributed by atoms with Crippen LogP contribution in [0.15, 0.2) is 54.6 Å². The number of fused-ring (bicyclic) bond motifs is 1. The summed E-state index contributed by atoms with van der Waals surface area (Å²) in [6, 6.07) is 16.6. The third kappa shape index (κ3) is 3.91. The van der Waals surface area contributed by atoms with Crippen molar-refractivity contribution >= 4 is 15.9 Å². The fourth-order valence-corrected chi connectivity index (χ4v) is 4.31. The van der Waals surface area contributed by atoms with E-state index in [4.69, 9.17) is 0 Å². The molecule has 1 unspecified atom stereocenters. The Hall–Kier alpha value is -2.18. The lowest BCUT2D eigenvalue weighted by atomic mass is 9.95. The Morgan fingerprint density at radius 2 is 1.72 bits per heavy atom. The van der Waals surface area contributed by atoms with Gasteiger partial charge in [0, 0.05) is 13.1 Å². The van der Waals surface area contributed by atoms with Crippen LogP contribution < -0.4 is 5.32 Å². The molecule has 1 aliphatic heterocycles. The van der Waals surface area contributed by atoms with Gasteiger partial charge in [0.2, 0.25) is 15.9 Å². The van der Waals surface area contributed by atoms with Gasteiger partial charge in [-0.2, -0.15) is 4.31 Å². The van der Waals surface area contributed by atoms with E-state index in [0.29, 0.717) is 13.0 Å². The number of rotatable bonds is 5. The van der Waals surface area contributed by atoms with Crippen LogP contribution in [-0.4, -0.2) is 30.4 Å². The highest BCUT2D eigenvalue weighted by atomic mass is 32.2. The number of hydrogen-bond acceptors (Lipinski definition) is 3. The lowest BCUT2D eigenvalue weighted by Crippen LogP contribution is -2.52. The second-order valence-electron chi connectivity index (χ2n) is 6.14. The molecule has 0 aromatic heterocycles. The van der Waals surface area contributed by atoms with Crippen molar-refractivity contribution in [1.29, 1.82) is 0 Å². The Balaban J connectivity index is 1.82. The van der Waals surface area contributed by atoms with E-state index in [1.807, 2.05) is 54.6 Å². The molecule has 0 fully saturated rings. The standard InChI is InChI=1S/C19H22N2O3S/c1-2-25(23,24)21-14-17-11-7-6-10-16(17)12-18(21)19(22)20-13-15-8-4-3-5-9-15/h3-11,18H,2,12-14H2,1H3,(H,20,22). The summed E-state index contributed by atoms with van der Waals surface area (Å²) >= 11 is 0. The van der Waals surface area contributed by atoms with Gasteiger partial charge in [0.05, 0.1) is 5.75 Å². The molecule has 1 aliphatic rings. The summed E-state index contributed by atoms with van der Waals surface area (Å²) in [6.07, 6.45) is 0.399. The Morgan fingerprint density at radius 3 is 2.40 bits per heavy atom. The van der Waals surface area contributed by atoms with Crippen LogP contribution in [-0.2, 0) is 34.3 Å². The van der Waals surface area contributed by atoms with E-state index in [9.17, 15) is 13.2 Å². The Morgan fingerprint density at radius 1 is 1.08 bits per heavy atom. The van der Waals surface area contributed by atoms with E-state index < -0.39 is 16.1 Å². The average Bonchev–Trinajstić information content (AvgIpc) is 2.65. The molecule has 0 bridgehead atoms. The van der Waals surface area contributed by atoms with Gasteiger partial charge < -0.3 is 5.32 Å². The number of hydrogen-bond donors (Lipinski definition) is 1. The van der Waals surface area contributed by atoms with E-state index >= 15 is 0 Å². The lowest BCUT2D eigenvalue weighted by Gasteiger charge is -2.34. The first kappa shape index (κ1) is 17.6. The zero-order valence-electron chi connectivity index (χ0n) is 14.2. The molecule has 6 heteroatoms. The van der Waals surface area contributed by atoms with Gasteiger partial charge in [-0.25, -0.2) is 8.42 Å². The van der Waals surface area contributed by atoms with E-state index in [1.165, 1.54) is 4.31 Å². The van der Waals surface area contributed by atoms with Gasteiger partial charge in [0.25, 0.3) is 0 Å². The number of carbonyl (C=O) groups is 1. The fourth-order valence-electron chi connectivity index (χ4n) is 3.08. The minimum atomic E-state index is -3.47. The largest absolute Gasteiger partial charge is 0.351 e. The number of benzene rings is 2. The molecular formula is C19H22N2O3S.